The molecule has 2 fully saturated rings. The number of fused-ring (bicyclic) bond motifs is 5. The Hall–Kier alpha value is 0.220. The van der Waals surface area contributed by atoms with Crippen LogP contribution in [0.4, 0.5) is 0 Å². The van der Waals surface area contributed by atoms with Crippen molar-refractivity contribution < 1.29 is 0 Å². The molecule has 0 N–H and O–H groups in total. The van der Waals surface area contributed by atoms with Gasteiger partial charge in [-0.2, -0.15) is 0 Å². The average Bonchev–Trinajstić information content (AvgIpc) is 2.52. The van der Waals surface area contributed by atoms with E-state index in [1.165, 1.54) is 19.3 Å². The van der Waals surface area contributed by atoms with E-state index < -0.39 is 0 Å². The molecule has 2 saturated carbocycles. The van der Waals surface area contributed by atoms with Crippen molar-refractivity contribution in [1.29, 1.82) is 0 Å². The number of rotatable bonds is 0. The summed E-state index contributed by atoms with van der Waals surface area (Å²) in [5, 5.41) is 0. The van der Waals surface area contributed by atoms with Crippen LogP contribution in [-0.2, 0) is 0 Å². The van der Waals surface area contributed by atoms with E-state index in [9.17, 15) is 0 Å². The number of hydrogen-bond donors (Lipinski definition) is 0. The van der Waals surface area contributed by atoms with E-state index in [4.69, 9.17) is 0 Å². The number of allylic oxidation sites excluding steroid dienone is 2. The maximum absolute atomic E-state index is 3.80. The lowest BCUT2D eigenvalue weighted by Crippen LogP contribution is -2.24. The van der Waals surface area contributed by atoms with Crippen molar-refractivity contribution in [3.05, 3.63) is 12.2 Å². The first-order valence-electron chi connectivity index (χ1n) is 4.67. The molecule has 3 aliphatic carbocycles. The molecular weight excluding hydrogens is 200 g/mol. The SMILES string of the molecule is BrC1CC2CC1C1CC=CC21. The van der Waals surface area contributed by atoms with Crippen LogP contribution in [-0.4, -0.2) is 4.83 Å². The Bertz CT molecular complexity index is 209. The smallest absolute Gasteiger partial charge is 0.0180 e. The lowest BCUT2D eigenvalue weighted by Gasteiger charge is -2.27. The van der Waals surface area contributed by atoms with Gasteiger partial charge in [0.25, 0.3) is 0 Å². The molecule has 0 aromatic carbocycles. The molecule has 11 heavy (non-hydrogen) atoms. The topological polar surface area (TPSA) is 0 Å². The van der Waals surface area contributed by atoms with Gasteiger partial charge in [0.2, 0.25) is 0 Å². The van der Waals surface area contributed by atoms with Crippen molar-refractivity contribution in [3.8, 4) is 0 Å². The summed E-state index contributed by atoms with van der Waals surface area (Å²) >= 11 is 3.80. The summed E-state index contributed by atoms with van der Waals surface area (Å²) in [6.07, 6.45) is 9.20. The minimum Gasteiger partial charge on any atom is -0.0887 e. The fourth-order valence-electron chi connectivity index (χ4n) is 3.47. The molecule has 1 heteroatoms. The van der Waals surface area contributed by atoms with Gasteiger partial charge in [-0.05, 0) is 42.9 Å². The first kappa shape index (κ1) is 6.71. The Morgan fingerprint density at radius 3 is 3.00 bits per heavy atom. The van der Waals surface area contributed by atoms with Crippen LogP contribution < -0.4 is 0 Å². The van der Waals surface area contributed by atoms with Gasteiger partial charge in [-0.3, -0.25) is 0 Å². The van der Waals surface area contributed by atoms with E-state index >= 15 is 0 Å². The molecule has 0 aromatic rings. The van der Waals surface area contributed by atoms with Gasteiger partial charge in [0.1, 0.15) is 0 Å². The molecule has 5 unspecified atom stereocenters. The summed E-state index contributed by atoms with van der Waals surface area (Å²) in [7, 11) is 0. The first-order valence-corrected chi connectivity index (χ1v) is 5.58. The second kappa shape index (κ2) is 2.12. The molecule has 0 saturated heterocycles. The zero-order valence-corrected chi connectivity index (χ0v) is 8.13. The molecule has 0 radical (unpaired) electrons. The van der Waals surface area contributed by atoms with E-state index in [1.807, 2.05) is 0 Å². The summed E-state index contributed by atoms with van der Waals surface area (Å²) in [5.74, 6) is 4.06. The summed E-state index contributed by atoms with van der Waals surface area (Å²) in [5.41, 5.74) is 0. The highest BCUT2D eigenvalue weighted by Crippen LogP contribution is 2.58. The van der Waals surface area contributed by atoms with Crippen molar-refractivity contribution in [2.24, 2.45) is 23.7 Å². The largest absolute Gasteiger partial charge is 0.0887 e. The zero-order chi connectivity index (χ0) is 7.42. The maximum atomic E-state index is 3.80. The van der Waals surface area contributed by atoms with E-state index in [0.717, 1.165) is 28.5 Å². The molecule has 5 atom stereocenters. The lowest BCUT2D eigenvalue weighted by molar-refractivity contribution is 0.295. The maximum Gasteiger partial charge on any atom is 0.0180 e. The molecule has 60 valence electrons. The molecule has 2 bridgehead atoms. The van der Waals surface area contributed by atoms with E-state index in [0.29, 0.717) is 0 Å². The van der Waals surface area contributed by atoms with Gasteiger partial charge in [-0.1, -0.05) is 28.1 Å². The van der Waals surface area contributed by atoms with Gasteiger partial charge in [0.15, 0.2) is 0 Å². The van der Waals surface area contributed by atoms with Crippen molar-refractivity contribution in [2.45, 2.75) is 24.1 Å². The van der Waals surface area contributed by atoms with E-state index in [-0.39, 0.29) is 0 Å². The zero-order valence-electron chi connectivity index (χ0n) is 6.54. The molecular formula is C10H13Br. The van der Waals surface area contributed by atoms with Crippen LogP contribution in [0, 0.1) is 23.7 Å². The summed E-state index contributed by atoms with van der Waals surface area (Å²) in [6.45, 7) is 0. The Morgan fingerprint density at radius 1 is 1.18 bits per heavy atom. The second-order valence-electron chi connectivity index (χ2n) is 4.32. The van der Waals surface area contributed by atoms with Crippen LogP contribution in [0.5, 0.6) is 0 Å². The third kappa shape index (κ3) is 0.756. The highest BCUT2D eigenvalue weighted by atomic mass is 79.9. The van der Waals surface area contributed by atoms with E-state index in [2.05, 4.69) is 28.1 Å². The fraction of sp³-hybridized carbons (Fsp3) is 0.800. The highest BCUT2D eigenvalue weighted by Gasteiger charge is 2.51. The van der Waals surface area contributed by atoms with Crippen LogP contribution >= 0.6 is 15.9 Å². The second-order valence-corrected chi connectivity index (χ2v) is 5.49. The predicted molar refractivity (Wildman–Crippen MR) is 49.7 cm³/mol. The van der Waals surface area contributed by atoms with Crippen molar-refractivity contribution in [1.82, 2.24) is 0 Å². The van der Waals surface area contributed by atoms with Gasteiger partial charge < -0.3 is 0 Å². The van der Waals surface area contributed by atoms with Crippen LogP contribution in [0.2, 0.25) is 0 Å². The Kier molecular flexibility index (Phi) is 1.30. The number of hydrogen-bond acceptors (Lipinski definition) is 0. The van der Waals surface area contributed by atoms with Crippen molar-refractivity contribution >= 4 is 15.9 Å². The molecule has 0 amide bonds. The fourth-order valence-corrected chi connectivity index (χ4v) is 4.56. The molecule has 0 nitrogen and oxygen atoms in total. The lowest BCUT2D eigenvalue weighted by atomic mass is 9.81. The molecule has 0 heterocycles. The van der Waals surface area contributed by atoms with Crippen LogP contribution in [0.3, 0.4) is 0 Å². The molecule has 0 aliphatic heterocycles. The van der Waals surface area contributed by atoms with Gasteiger partial charge >= 0.3 is 0 Å². The van der Waals surface area contributed by atoms with Gasteiger partial charge in [-0.15, -0.1) is 0 Å². The summed E-state index contributed by atoms with van der Waals surface area (Å²) in [6, 6.07) is 0. The first-order chi connectivity index (χ1) is 5.36. The normalized spacial score (nSPS) is 58.8. The number of halogens is 1. The minimum absolute atomic E-state index is 0.855. The highest BCUT2D eigenvalue weighted by molar-refractivity contribution is 9.09. The monoisotopic (exact) mass is 212 g/mol. The quantitative estimate of drug-likeness (QED) is 0.428. The van der Waals surface area contributed by atoms with Gasteiger partial charge in [0, 0.05) is 4.83 Å². The minimum atomic E-state index is 0.855. The Morgan fingerprint density at radius 2 is 2.09 bits per heavy atom. The summed E-state index contributed by atoms with van der Waals surface area (Å²) in [4.78, 5) is 0.855. The molecule has 0 aromatic heterocycles. The van der Waals surface area contributed by atoms with Crippen molar-refractivity contribution in [2.75, 3.05) is 0 Å². The molecule has 0 spiro atoms. The Balaban J connectivity index is 1.94. The Labute approximate surface area is 76.2 Å². The van der Waals surface area contributed by atoms with Gasteiger partial charge in [0.05, 0.1) is 0 Å². The molecule has 3 rings (SSSR count). The van der Waals surface area contributed by atoms with Crippen LogP contribution in [0.1, 0.15) is 19.3 Å². The van der Waals surface area contributed by atoms with Crippen LogP contribution in [0.15, 0.2) is 12.2 Å². The molecule has 3 aliphatic rings. The van der Waals surface area contributed by atoms with Crippen molar-refractivity contribution in [3.63, 3.8) is 0 Å². The number of alkyl halides is 1. The third-order valence-corrected chi connectivity index (χ3v) is 4.98. The summed E-state index contributed by atoms with van der Waals surface area (Å²) < 4.78 is 0. The van der Waals surface area contributed by atoms with E-state index in [1.54, 1.807) is 0 Å². The third-order valence-electron chi connectivity index (χ3n) is 3.92. The standard InChI is InChI=1S/C10H13Br/c11-10-5-6-4-9(10)8-3-1-2-7(6)8/h1-2,6-10H,3-5H2. The van der Waals surface area contributed by atoms with Gasteiger partial charge in [-0.25, -0.2) is 0 Å². The van der Waals surface area contributed by atoms with Crippen LogP contribution in [0.25, 0.3) is 0 Å². The predicted octanol–water partition coefficient (Wildman–Crippen LogP) is 2.98. The average molecular weight is 213 g/mol.